The zero-order chi connectivity index (χ0) is 16.7. The van der Waals surface area contributed by atoms with Crippen molar-refractivity contribution in [3.8, 4) is 12.3 Å². The molecule has 4 rings (SSSR count). The lowest BCUT2D eigenvalue weighted by atomic mass is 9.92. The van der Waals surface area contributed by atoms with E-state index in [1.807, 2.05) is 24.3 Å². The van der Waals surface area contributed by atoms with Gasteiger partial charge in [-0.25, -0.2) is 0 Å². The molecule has 0 aromatic heterocycles. The Bertz CT molecular complexity index is 869. The second-order valence-corrected chi connectivity index (χ2v) is 6.00. The highest BCUT2D eigenvalue weighted by molar-refractivity contribution is 6.26. The van der Waals surface area contributed by atoms with Gasteiger partial charge in [-0.2, -0.15) is 0 Å². The number of hydrogen-bond donors (Lipinski definition) is 1. The van der Waals surface area contributed by atoms with E-state index < -0.39 is 0 Å². The Morgan fingerprint density at radius 2 is 1.75 bits per heavy atom. The van der Waals surface area contributed by atoms with E-state index in [1.54, 1.807) is 6.07 Å². The summed E-state index contributed by atoms with van der Waals surface area (Å²) < 4.78 is 0. The SMILES string of the molecule is C#CCN1C(=O)c2cccc3c(N4CCNCC4)ccc(c23)C1=O. The maximum atomic E-state index is 12.7. The van der Waals surface area contributed by atoms with E-state index in [9.17, 15) is 9.59 Å². The monoisotopic (exact) mass is 319 g/mol. The number of anilines is 1. The fourth-order valence-electron chi connectivity index (χ4n) is 3.55. The minimum Gasteiger partial charge on any atom is -0.368 e. The average molecular weight is 319 g/mol. The van der Waals surface area contributed by atoms with Gasteiger partial charge in [-0.3, -0.25) is 14.5 Å². The highest BCUT2D eigenvalue weighted by atomic mass is 16.2. The summed E-state index contributed by atoms with van der Waals surface area (Å²) in [5, 5.41) is 5.04. The Labute approximate surface area is 140 Å². The van der Waals surface area contributed by atoms with Crippen molar-refractivity contribution in [2.45, 2.75) is 0 Å². The molecule has 1 fully saturated rings. The number of terminal acetylenes is 1. The lowest BCUT2D eigenvalue weighted by molar-refractivity contribution is 0.0632. The van der Waals surface area contributed by atoms with Crippen LogP contribution in [0.15, 0.2) is 30.3 Å². The van der Waals surface area contributed by atoms with Crippen LogP contribution < -0.4 is 10.2 Å². The van der Waals surface area contributed by atoms with E-state index in [1.165, 1.54) is 0 Å². The minimum absolute atomic E-state index is 0.00690. The normalized spacial score (nSPS) is 17.3. The fourth-order valence-corrected chi connectivity index (χ4v) is 3.55. The van der Waals surface area contributed by atoms with Gasteiger partial charge in [0.15, 0.2) is 0 Å². The van der Waals surface area contributed by atoms with Crippen molar-refractivity contribution in [2.75, 3.05) is 37.6 Å². The van der Waals surface area contributed by atoms with E-state index in [-0.39, 0.29) is 18.4 Å². The van der Waals surface area contributed by atoms with E-state index in [0.29, 0.717) is 11.1 Å². The maximum absolute atomic E-state index is 12.7. The van der Waals surface area contributed by atoms with Crippen molar-refractivity contribution in [3.05, 3.63) is 41.5 Å². The number of amides is 2. The summed E-state index contributed by atoms with van der Waals surface area (Å²) in [6, 6.07) is 9.42. The van der Waals surface area contributed by atoms with E-state index in [2.05, 4.69) is 16.1 Å². The number of benzene rings is 2. The first-order valence-corrected chi connectivity index (χ1v) is 8.03. The lowest BCUT2D eigenvalue weighted by Crippen LogP contribution is -2.44. The van der Waals surface area contributed by atoms with Crippen LogP contribution in [0.5, 0.6) is 0 Å². The van der Waals surface area contributed by atoms with Crippen molar-refractivity contribution in [1.82, 2.24) is 10.2 Å². The molecule has 2 aromatic carbocycles. The third kappa shape index (κ3) is 2.08. The van der Waals surface area contributed by atoms with Gasteiger partial charge in [-0.05, 0) is 18.2 Å². The van der Waals surface area contributed by atoms with Gasteiger partial charge < -0.3 is 10.2 Å². The molecule has 5 heteroatoms. The molecule has 0 unspecified atom stereocenters. The van der Waals surface area contributed by atoms with Gasteiger partial charge in [0, 0.05) is 53.8 Å². The number of carbonyl (C=O) groups excluding carboxylic acids is 2. The summed E-state index contributed by atoms with van der Waals surface area (Å²) >= 11 is 0. The number of hydrogen-bond acceptors (Lipinski definition) is 4. The van der Waals surface area contributed by atoms with Crippen LogP contribution in [0.1, 0.15) is 20.7 Å². The van der Waals surface area contributed by atoms with Gasteiger partial charge in [0.05, 0.1) is 6.54 Å². The number of nitrogens with zero attached hydrogens (tertiary/aromatic N) is 2. The van der Waals surface area contributed by atoms with Crippen molar-refractivity contribution in [3.63, 3.8) is 0 Å². The summed E-state index contributed by atoms with van der Waals surface area (Å²) in [6.45, 7) is 3.66. The predicted molar refractivity (Wildman–Crippen MR) is 93.2 cm³/mol. The van der Waals surface area contributed by atoms with Crippen molar-refractivity contribution >= 4 is 28.3 Å². The van der Waals surface area contributed by atoms with Gasteiger partial charge in [0.2, 0.25) is 0 Å². The Morgan fingerprint density at radius 1 is 1.04 bits per heavy atom. The van der Waals surface area contributed by atoms with Crippen LogP contribution in [0.4, 0.5) is 5.69 Å². The largest absolute Gasteiger partial charge is 0.368 e. The molecule has 2 amide bonds. The molecule has 2 aliphatic heterocycles. The zero-order valence-electron chi connectivity index (χ0n) is 13.2. The summed E-state index contributed by atoms with van der Waals surface area (Å²) in [7, 11) is 0. The zero-order valence-corrected chi connectivity index (χ0v) is 13.2. The van der Waals surface area contributed by atoms with Gasteiger partial charge in [0.25, 0.3) is 11.8 Å². The van der Waals surface area contributed by atoms with Crippen LogP contribution >= 0.6 is 0 Å². The number of nitrogens with one attached hydrogen (secondary N) is 1. The molecule has 0 spiro atoms. The van der Waals surface area contributed by atoms with E-state index in [0.717, 1.165) is 47.5 Å². The summed E-state index contributed by atoms with van der Waals surface area (Å²) in [5.74, 6) is 1.77. The number of imide groups is 1. The molecule has 0 bridgehead atoms. The molecule has 0 saturated carbocycles. The average Bonchev–Trinajstić information content (AvgIpc) is 2.63. The van der Waals surface area contributed by atoms with Crippen molar-refractivity contribution in [2.24, 2.45) is 0 Å². The van der Waals surface area contributed by atoms with Gasteiger partial charge in [0.1, 0.15) is 0 Å². The summed E-state index contributed by atoms with van der Waals surface area (Å²) in [4.78, 5) is 28.8. The molecule has 2 aliphatic rings. The topological polar surface area (TPSA) is 52.7 Å². The Morgan fingerprint density at radius 3 is 2.46 bits per heavy atom. The maximum Gasteiger partial charge on any atom is 0.262 e. The molecule has 1 saturated heterocycles. The fraction of sp³-hybridized carbons (Fsp3) is 0.263. The van der Waals surface area contributed by atoms with Gasteiger partial charge in [-0.15, -0.1) is 6.42 Å². The van der Waals surface area contributed by atoms with Crippen LogP contribution in [0.3, 0.4) is 0 Å². The molecule has 2 aromatic rings. The van der Waals surface area contributed by atoms with Crippen molar-refractivity contribution < 1.29 is 9.59 Å². The molecular formula is C19H17N3O2. The van der Waals surface area contributed by atoms with Gasteiger partial charge >= 0.3 is 0 Å². The van der Waals surface area contributed by atoms with Crippen LogP contribution in [0, 0.1) is 12.3 Å². The Kier molecular flexibility index (Phi) is 3.47. The van der Waals surface area contributed by atoms with Gasteiger partial charge in [-0.1, -0.05) is 18.1 Å². The predicted octanol–water partition coefficient (Wildman–Crippen LogP) is 1.48. The van der Waals surface area contributed by atoms with Crippen LogP contribution in [-0.2, 0) is 0 Å². The Balaban J connectivity index is 1.92. The van der Waals surface area contributed by atoms with Crippen molar-refractivity contribution in [1.29, 1.82) is 0 Å². The van der Waals surface area contributed by atoms with Crippen LogP contribution in [0.25, 0.3) is 10.8 Å². The molecule has 0 aliphatic carbocycles. The first kappa shape index (κ1) is 14.7. The Hall–Kier alpha value is -2.84. The molecule has 2 heterocycles. The summed E-state index contributed by atoms with van der Waals surface area (Å²) in [6.07, 6.45) is 5.31. The standard InChI is InChI=1S/C19H17N3O2/c1-2-10-22-18(23)14-5-3-4-13-16(21-11-8-20-9-12-21)7-6-15(17(13)14)19(22)24/h1,3-7,20H,8-12H2. The molecule has 0 atom stereocenters. The third-order valence-electron chi connectivity index (χ3n) is 4.68. The number of rotatable bonds is 2. The van der Waals surface area contributed by atoms with E-state index >= 15 is 0 Å². The van der Waals surface area contributed by atoms with Crippen LogP contribution in [-0.4, -0.2) is 49.4 Å². The summed E-state index contributed by atoms with van der Waals surface area (Å²) in [5.41, 5.74) is 2.17. The molecule has 120 valence electrons. The highest BCUT2D eigenvalue weighted by Crippen LogP contribution is 2.35. The number of carbonyl (C=O) groups is 2. The lowest BCUT2D eigenvalue weighted by Gasteiger charge is -2.32. The first-order chi connectivity index (χ1) is 11.7. The molecular weight excluding hydrogens is 302 g/mol. The highest BCUT2D eigenvalue weighted by Gasteiger charge is 2.33. The third-order valence-corrected chi connectivity index (χ3v) is 4.68. The second-order valence-electron chi connectivity index (χ2n) is 6.00. The molecule has 24 heavy (non-hydrogen) atoms. The molecule has 1 N–H and O–H groups in total. The second kappa shape index (κ2) is 5.66. The van der Waals surface area contributed by atoms with E-state index in [4.69, 9.17) is 6.42 Å². The molecule has 0 radical (unpaired) electrons. The van der Waals surface area contributed by atoms with Crippen LogP contribution in [0.2, 0.25) is 0 Å². The first-order valence-electron chi connectivity index (χ1n) is 8.03. The molecule has 5 nitrogen and oxygen atoms in total. The smallest absolute Gasteiger partial charge is 0.262 e. The minimum atomic E-state index is -0.312. The number of piperazine rings is 1. The quantitative estimate of drug-likeness (QED) is 0.673.